The number of halogens is 1. The van der Waals surface area contributed by atoms with Gasteiger partial charge in [-0.25, -0.2) is 4.57 Å². The van der Waals surface area contributed by atoms with Gasteiger partial charge in [0.25, 0.3) is 6.33 Å². The fourth-order valence-corrected chi connectivity index (χ4v) is 2.63. The maximum atomic E-state index is 4.12. The molecule has 0 radical (unpaired) electrons. The molecule has 3 heteroatoms. The molecule has 0 aromatic carbocycles. The normalized spacial score (nSPS) is 10.3. The van der Waals surface area contributed by atoms with Crippen LogP contribution in [0.2, 0.25) is 0 Å². The summed E-state index contributed by atoms with van der Waals surface area (Å²) < 4.78 is 2.18. The highest BCUT2D eigenvalue weighted by Gasteiger charge is 1.96. The summed E-state index contributed by atoms with van der Waals surface area (Å²) in [5.74, 6) is 0. The van der Waals surface area contributed by atoms with Crippen molar-refractivity contribution in [3.05, 3.63) is 24.8 Å². The van der Waals surface area contributed by atoms with E-state index in [1.165, 1.54) is 77.0 Å². The maximum Gasteiger partial charge on any atom is 0.286 e. The Morgan fingerprint density at radius 2 is 1.29 bits per heavy atom. The van der Waals surface area contributed by atoms with Crippen molar-refractivity contribution >= 4 is 0 Å². The lowest BCUT2D eigenvalue weighted by atomic mass is 10.1. The van der Waals surface area contributed by atoms with Crippen LogP contribution in [0.15, 0.2) is 24.8 Å². The van der Waals surface area contributed by atoms with Gasteiger partial charge < -0.3 is 12.4 Å². The van der Waals surface area contributed by atoms with Gasteiger partial charge in [-0.2, -0.15) is 0 Å². The van der Waals surface area contributed by atoms with Crippen LogP contribution in [0.1, 0.15) is 84.0 Å². The van der Waals surface area contributed by atoms with E-state index in [4.69, 9.17) is 0 Å². The van der Waals surface area contributed by atoms with Crippen LogP contribution in [-0.2, 0) is 6.54 Å². The van der Waals surface area contributed by atoms with Gasteiger partial charge in [0.15, 0.2) is 0 Å². The van der Waals surface area contributed by atoms with Gasteiger partial charge in [0.2, 0.25) is 0 Å². The quantitative estimate of drug-likeness (QED) is 0.402. The molecule has 1 aromatic rings. The molecule has 1 aromatic heterocycles. The van der Waals surface area contributed by atoms with Crippen molar-refractivity contribution < 1.29 is 17.0 Å². The molecule has 0 bridgehead atoms. The molecule has 0 aliphatic rings. The highest BCUT2D eigenvalue weighted by Crippen LogP contribution is 2.11. The first-order valence-electron chi connectivity index (χ1n) is 8.72. The second kappa shape index (κ2) is 15.8. The first-order valence-corrected chi connectivity index (χ1v) is 8.72. The Labute approximate surface area is 137 Å². The van der Waals surface area contributed by atoms with Gasteiger partial charge in [0.1, 0.15) is 6.20 Å². The topological polar surface area (TPSA) is 16.8 Å². The van der Waals surface area contributed by atoms with Crippen LogP contribution in [0.4, 0.5) is 0 Å². The standard InChI is InChI=1S/C18H33N2.ClH/c1-2-3-4-5-6-7-8-9-10-11-12-13-16-20-17-14-15-19-18-20;/h14-15,17-18H,2-13,16H2,1H3;1H/q+1;/p-1. The second-order valence-corrected chi connectivity index (χ2v) is 5.88. The van der Waals surface area contributed by atoms with E-state index in [0.29, 0.717) is 0 Å². The highest BCUT2D eigenvalue weighted by atomic mass is 35.5. The molecule has 0 saturated heterocycles. The first-order chi connectivity index (χ1) is 9.93. The Morgan fingerprint density at radius 3 is 1.76 bits per heavy atom. The van der Waals surface area contributed by atoms with Crippen molar-refractivity contribution in [1.29, 1.82) is 0 Å². The zero-order valence-corrected chi connectivity index (χ0v) is 14.5. The van der Waals surface area contributed by atoms with Crippen LogP contribution in [0.5, 0.6) is 0 Å². The second-order valence-electron chi connectivity index (χ2n) is 5.88. The largest absolute Gasteiger partial charge is 1.00 e. The average Bonchev–Trinajstić information content (AvgIpc) is 2.49. The molecule has 0 atom stereocenters. The fraction of sp³-hybridized carbons (Fsp3) is 0.778. The summed E-state index contributed by atoms with van der Waals surface area (Å²) in [4.78, 5) is 4.12. The molecule has 0 aliphatic carbocycles. The smallest absolute Gasteiger partial charge is 0.286 e. The fourth-order valence-electron chi connectivity index (χ4n) is 2.63. The molecule has 21 heavy (non-hydrogen) atoms. The summed E-state index contributed by atoms with van der Waals surface area (Å²) in [6.45, 7) is 3.40. The lowest BCUT2D eigenvalue weighted by Crippen LogP contribution is -3.00. The number of rotatable bonds is 13. The van der Waals surface area contributed by atoms with Crippen molar-refractivity contribution in [1.82, 2.24) is 4.98 Å². The summed E-state index contributed by atoms with van der Waals surface area (Å²) in [6, 6.07) is 2.00. The summed E-state index contributed by atoms with van der Waals surface area (Å²) in [7, 11) is 0. The molecule has 1 heterocycles. The Kier molecular flexibility index (Phi) is 15.3. The van der Waals surface area contributed by atoms with Crippen molar-refractivity contribution in [2.24, 2.45) is 0 Å². The lowest BCUT2D eigenvalue weighted by Gasteiger charge is -2.02. The van der Waals surface area contributed by atoms with E-state index >= 15 is 0 Å². The minimum atomic E-state index is 0. The zero-order valence-electron chi connectivity index (χ0n) is 13.8. The van der Waals surface area contributed by atoms with Gasteiger partial charge >= 0.3 is 0 Å². The van der Waals surface area contributed by atoms with Gasteiger partial charge in [-0.05, 0) is 12.8 Å². The lowest BCUT2D eigenvalue weighted by molar-refractivity contribution is -0.700. The molecular weight excluding hydrogens is 280 g/mol. The minimum Gasteiger partial charge on any atom is -1.00 e. The van der Waals surface area contributed by atoms with Crippen LogP contribution in [0.3, 0.4) is 0 Å². The number of aromatic nitrogens is 2. The van der Waals surface area contributed by atoms with Crippen molar-refractivity contribution in [2.45, 2.75) is 90.5 Å². The molecule has 0 saturated carbocycles. The Bertz CT molecular complexity index is 303. The molecule has 0 fully saturated rings. The molecule has 0 amide bonds. The average molecular weight is 313 g/mol. The molecule has 0 spiro atoms. The predicted molar refractivity (Wildman–Crippen MR) is 85.5 cm³/mol. The third-order valence-electron chi connectivity index (χ3n) is 3.93. The summed E-state index contributed by atoms with van der Waals surface area (Å²) in [6.07, 6.45) is 22.8. The summed E-state index contributed by atoms with van der Waals surface area (Å²) in [5.41, 5.74) is 0. The molecule has 0 unspecified atom stereocenters. The van der Waals surface area contributed by atoms with E-state index in [1.54, 1.807) is 0 Å². The molecule has 122 valence electrons. The summed E-state index contributed by atoms with van der Waals surface area (Å²) in [5, 5.41) is 0. The monoisotopic (exact) mass is 312 g/mol. The number of hydrogen-bond acceptors (Lipinski definition) is 1. The Hall–Kier alpha value is -0.630. The SMILES string of the molecule is CCCCCCCCCCCCCC[n+]1cccnc1.[Cl-]. The van der Waals surface area contributed by atoms with Crippen molar-refractivity contribution in [3.63, 3.8) is 0 Å². The number of hydrogen-bond donors (Lipinski definition) is 0. The third-order valence-corrected chi connectivity index (χ3v) is 3.93. The molecular formula is C18H33ClN2. The Balaban J connectivity index is 0.00000400. The van der Waals surface area contributed by atoms with Crippen LogP contribution < -0.4 is 17.0 Å². The van der Waals surface area contributed by atoms with E-state index in [1.807, 2.05) is 18.6 Å². The van der Waals surface area contributed by atoms with Gasteiger partial charge in [-0.1, -0.05) is 76.1 Å². The van der Waals surface area contributed by atoms with Crippen molar-refractivity contribution in [2.75, 3.05) is 0 Å². The van der Waals surface area contributed by atoms with Gasteiger partial charge in [-0.15, -0.1) is 0 Å². The van der Waals surface area contributed by atoms with Crippen LogP contribution in [0.25, 0.3) is 0 Å². The highest BCUT2D eigenvalue weighted by molar-refractivity contribution is 4.68. The first kappa shape index (κ1) is 20.4. The molecule has 0 aliphatic heterocycles. The van der Waals surface area contributed by atoms with Gasteiger partial charge in [0, 0.05) is 6.07 Å². The van der Waals surface area contributed by atoms with Gasteiger partial charge in [-0.3, -0.25) is 0 Å². The Morgan fingerprint density at radius 1 is 0.762 bits per heavy atom. The van der Waals surface area contributed by atoms with Crippen LogP contribution in [0, 0.1) is 0 Å². The number of unbranched alkanes of at least 4 members (excludes halogenated alkanes) is 11. The summed E-state index contributed by atoms with van der Waals surface area (Å²) >= 11 is 0. The number of aryl methyl sites for hydroxylation is 1. The van der Waals surface area contributed by atoms with Crippen molar-refractivity contribution in [3.8, 4) is 0 Å². The minimum absolute atomic E-state index is 0. The van der Waals surface area contributed by atoms with E-state index < -0.39 is 0 Å². The molecule has 1 rings (SSSR count). The van der Waals surface area contributed by atoms with Crippen LogP contribution >= 0.6 is 0 Å². The van der Waals surface area contributed by atoms with E-state index in [0.717, 1.165) is 6.54 Å². The maximum absolute atomic E-state index is 4.12. The van der Waals surface area contributed by atoms with Crippen LogP contribution in [-0.4, -0.2) is 4.98 Å². The van der Waals surface area contributed by atoms with E-state index in [2.05, 4.69) is 22.7 Å². The zero-order chi connectivity index (χ0) is 14.3. The van der Waals surface area contributed by atoms with Gasteiger partial charge in [0.05, 0.1) is 12.7 Å². The molecule has 0 N–H and O–H groups in total. The molecule has 2 nitrogen and oxygen atoms in total. The third kappa shape index (κ3) is 12.8. The van der Waals surface area contributed by atoms with E-state index in [9.17, 15) is 0 Å². The number of nitrogens with zero attached hydrogens (tertiary/aromatic N) is 2. The predicted octanol–water partition coefficient (Wildman–Crippen LogP) is 2.07. The van der Waals surface area contributed by atoms with E-state index in [-0.39, 0.29) is 12.4 Å².